The van der Waals surface area contributed by atoms with E-state index in [2.05, 4.69) is 10.3 Å². The first kappa shape index (κ1) is 12.5. The van der Waals surface area contributed by atoms with Crippen LogP contribution < -0.4 is 20.5 Å². The van der Waals surface area contributed by atoms with Crippen molar-refractivity contribution in [3.63, 3.8) is 0 Å². The number of hydrogen-bond donors (Lipinski definition) is 3. The number of ether oxygens (including phenoxy) is 2. The summed E-state index contributed by atoms with van der Waals surface area (Å²) in [5.74, 6) is 1.09. The van der Waals surface area contributed by atoms with Crippen LogP contribution in [0, 0.1) is 0 Å². The number of nitrogens with one attached hydrogen (secondary N) is 1. The molecular formula is C13H13N3O4. The Balaban J connectivity index is 1.93. The Labute approximate surface area is 114 Å². The number of nitrogens with zero attached hydrogens (tertiary/aromatic N) is 1. The van der Waals surface area contributed by atoms with E-state index in [0.717, 1.165) is 10.8 Å². The van der Waals surface area contributed by atoms with Crippen molar-refractivity contribution in [3.05, 3.63) is 24.4 Å². The molecule has 0 radical (unpaired) electrons. The van der Waals surface area contributed by atoms with Crippen LogP contribution in [0.1, 0.15) is 0 Å². The molecule has 1 amide bonds. The maximum Gasteiger partial charge on any atom is 0.248 e. The molecular weight excluding hydrogens is 262 g/mol. The minimum atomic E-state index is -1.26. The van der Waals surface area contributed by atoms with Gasteiger partial charge >= 0.3 is 0 Å². The number of aliphatic hydroxyl groups is 1. The van der Waals surface area contributed by atoms with Gasteiger partial charge < -0.3 is 25.6 Å². The van der Waals surface area contributed by atoms with Crippen molar-refractivity contribution in [2.24, 2.45) is 5.73 Å². The Hall–Kier alpha value is -2.54. The second kappa shape index (κ2) is 4.86. The number of aliphatic hydroxyl groups excluding tert-OH is 1. The fourth-order valence-electron chi connectivity index (χ4n) is 2.00. The van der Waals surface area contributed by atoms with E-state index >= 15 is 0 Å². The van der Waals surface area contributed by atoms with Gasteiger partial charge in [0.05, 0.1) is 6.54 Å². The summed E-state index contributed by atoms with van der Waals surface area (Å²) in [7, 11) is 0. The molecule has 0 bridgehead atoms. The largest absolute Gasteiger partial charge is 0.454 e. The highest BCUT2D eigenvalue weighted by atomic mass is 16.7. The van der Waals surface area contributed by atoms with Crippen molar-refractivity contribution < 1.29 is 19.4 Å². The number of aromatic nitrogens is 1. The molecule has 0 aliphatic carbocycles. The molecule has 1 aromatic carbocycles. The Morgan fingerprint density at radius 2 is 2.20 bits per heavy atom. The van der Waals surface area contributed by atoms with Crippen LogP contribution in [-0.4, -0.2) is 35.4 Å². The molecule has 7 heteroatoms. The molecule has 0 fully saturated rings. The highest BCUT2D eigenvalue weighted by Gasteiger charge is 2.17. The summed E-state index contributed by atoms with van der Waals surface area (Å²) in [6.45, 7) is 0.193. The first-order valence-corrected chi connectivity index (χ1v) is 6.05. The van der Waals surface area contributed by atoms with E-state index < -0.39 is 12.0 Å². The molecule has 104 valence electrons. The third-order valence-corrected chi connectivity index (χ3v) is 3.05. The Morgan fingerprint density at radius 1 is 1.45 bits per heavy atom. The van der Waals surface area contributed by atoms with E-state index in [1.807, 2.05) is 18.2 Å². The van der Waals surface area contributed by atoms with Crippen molar-refractivity contribution >= 4 is 22.5 Å². The molecule has 4 N–H and O–H groups in total. The Bertz CT molecular complexity index is 674. The van der Waals surface area contributed by atoms with Crippen LogP contribution in [0.3, 0.4) is 0 Å². The van der Waals surface area contributed by atoms with Gasteiger partial charge in [-0.3, -0.25) is 4.79 Å². The van der Waals surface area contributed by atoms with Gasteiger partial charge in [-0.1, -0.05) is 0 Å². The standard InChI is InChI=1S/C13H13N3O4/c14-12(18)9(17)5-16-13-8-4-11-10(19-6-20-11)3-7(8)1-2-15-13/h1-4,9,17H,5-6H2,(H2,14,18)(H,15,16). The van der Waals surface area contributed by atoms with Crippen LogP contribution in [0.25, 0.3) is 10.8 Å². The van der Waals surface area contributed by atoms with E-state index in [0.29, 0.717) is 17.3 Å². The topological polar surface area (TPSA) is 107 Å². The van der Waals surface area contributed by atoms with Crippen molar-refractivity contribution in [3.8, 4) is 11.5 Å². The second-order valence-electron chi connectivity index (χ2n) is 4.39. The van der Waals surface area contributed by atoms with Gasteiger partial charge in [-0.2, -0.15) is 0 Å². The average molecular weight is 275 g/mol. The minimum absolute atomic E-state index is 0.00408. The minimum Gasteiger partial charge on any atom is -0.454 e. The average Bonchev–Trinajstić information content (AvgIpc) is 2.89. The molecule has 2 aromatic rings. The number of nitrogens with two attached hydrogens (primary N) is 1. The number of carbonyl (C=O) groups excluding carboxylic acids is 1. The van der Waals surface area contributed by atoms with Gasteiger partial charge in [0.2, 0.25) is 12.7 Å². The number of fused-ring (bicyclic) bond motifs is 2. The summed E-state index contributed by atoms with van der Waals surface area (Å²) in [5, 5.41) is 14.0. The lowest BCUT2D eigenvalue weighted by Crippen LogP contribution is -2.34. The summed E-state index contributed by atoms with van der Waals surface area (Å²) < 4.78 is 10.6. The van der Waals surface area contributed by atoms with Crippen LogP contribution in [-0.2, 0) is 4.79 Å². The number of primary amides is 1. The number of pyridine rings is 1. The smallest absolute Gasteiger partial charge is 0.248 e. The SMILES string of the molecule is NC(=O)C(O)CNc1nccc2cc3c(cc12)OCO3. The quantitative estimate of drug-likeness (QED) is 0.737. The van der Waals surface area contributed by atoms with Gasteiger partial charge in [0.1, 0.15) is 11.9 Å². The third kappa shape index (κ3) is 2.19. The van der Waals surface area contributed by atoms with Gasteiger partial charge in [0.15, 0.2) is 11.5 Å². The first-order chi connectivity index (χ1) is 9.65. The Kier molecular flexibility index (Phi) is 3.03. The zero-order chi connectivity index (χ0) is 14.1. The van der Waals surface area contributed by atoms with Gasteiger partial charge in [-0.05, 0) is 23.6 Å². The summed E-state index contributed by atoms with van der Waals surface area (Å²) in [4.78, 5) is 15.0. The third-order valence-electron chi connectivity index (χ3n) is 3.05. The van der Waals surface area contributed by atoms with Gasteiger partial charge in [-0.15, -0.1) is 0 Å². The van der Waals surface area contributed by atoms with Gasteiger partial charge in [0, 0.05) is 11.6 Å². The molecule has 20 heavy (non-hydrogen) atoms. The first-order valence-electron chi connectivity index (χ1n) is 6.05. The van der Waals surface area contributed by atoms with Crippen LogP contribution in [0.5, 0.6) is 11.5 Å². The molecule has 3 rings (SSSR count). The molecule has 1 aliphatic heterocycles. The predicted molar refractivity (Wildman–Crippen MR) is 71.6 cm³/mol. The van der Waals surface area contributed by atoms with Crippen LogP contribution in [0.15, 0.2) is 24.4 Å². The molecule has 7 nitrogen and oxygen atoms in total. The molecule has 2 heterocycles. The summed E-state index contributed by atoms with van der Waals surface area (Å²) in [6, 6.07) is 5.51. The van der Waals surface area contributed by atoms with E-state index in [9.17, 15) is 9.90 Å². The monoisotopic (exact) mass is 275 g/mol. The van der Waals surface area contributed by atoms with Crippen LogP contribution >= 0.6 is 0 Å². The van der Waals surface area contributed by atoms with Crippen molar-refractivity contribution in [1.29, 1.82) is 0 Å². The molecule has 1 aromatic heterocycles. The lowest BCUT2D eigenvalue weighted by molar-refractivity contribution is -0.125. The fourth-order valence-corrected chi connectivity index (χ4v) is 2.00. The molecule has 0 saturated heterocycles. The predicted octanol–water partition coefficient (Wildman–Crippen LogP) is 0.222. The van der Waals surface area contributed by atoms with E-state index in [4.69, 9.17) is 15.2 Å². The zero-order valence-corrected chi connectivity index (χ0v) is 10.5. The van der Waals surface area contributed by atoms with Crippen LogP contribution in [0.4, 0.5) is 5.82 Å². The van der Waals surface area contributed by atoms with E-state index in [-0.39, 0.29) is 13.3 Å². The van der Waals surface area contributed by atoms with Gasteiger partial charge in [-0.25, -0.2) is 4.98 Å². The van der Waals surface area contributed by atoms with E-state index in [1.165, 1.54) is 0 Å². The number of hydrogen-bond acceptors (Lipinski definition) is 6. The number of rotatable bonds is 4. The highest BCUT2D eigenvalue weighted by Crippen LogP contribution is 2.37. The van der Waals surface area contributed by atoms with Crippen molar-refractivity contribution in [1.82, 2.24) is 4.98 Å². The lowest BCUT2D eigenvalue weighted by atomic mass is 10.1. The zero-order valence-electron chi connectivity index (χ0n) is 10.5. The van der Waals surface area contributed by atoms with Crippen molar-refractivity contribution in [2.45, 2.75) is 6.10 Å². The van der Waals surface area contributed by atoms with Gasteiger partial charge in [0.25, 0.3) is 0 Å². The molecule has 0 saturated carbocycles. The summed E-state index contributed by atoms with van der Waals surface area (Å²) >= 11 is 0. The number of amides is 1. The fraction of sp³-hybridized carbons (Fsp3) is 0.231. The normalized spacial score (nSPS) is 14.2. The number of carbonyl (C=O) groups is 1. The molecule has 1 aliphatic rings. The number of benzene rings is 1. The lowest BCUT2D eigenvalue weighted by Gasteiger charge is -2.11. The maximum absolute atomic E-state index is 10.8. The summed E-state index contributed by atoms with van der Waals surface area (Å²) in [5.41, 5.74) is 5.00. The molecule has 1 atom stereocenters. The molecule has 0 spiro atoms. The number of anilines is 1. The highest BCUT2D eigenvalue weighted by molar-refractivity contribution is 5.94. The maximum atomic E-state index is 10.8. The summed E-state index contributed by atoms with van der Waals surface area (Å²) in [6.07, 6.45) is 0.366. The Morgan fingerprint density at radius 3 is 2.95 bits per heavy atom. The van der Waals surface area contributed by atoms with Crippen molar-refractivity contribution in [2.75, 3.05) is 18.7 Å². The van der Waals surface area contributed by atoms with E-state index in [1.54, 1.807) is 6.20 Å². The molecule has 1 unspecified atom stereocenters. The second-order valence-corrected chi connectivity index (χ2v) is 4.39. The van der Waals surface area contributed by atoms with Crippen LogP contribution in [0.2, 0.25) is 0 Å².